The van der Waals surface area contributed by atoms with Gasteiger partial charge in [-0.3, -0.25) is 9.59 Å². The number of esters is 2. The first-order chi connectivity index (χ1) is 17.7. The van der Waals surface area contributed by atoms with E-state index < -0.39 is 24.0 Å². The monoisotopic (exact) mass is 506 g/mol. The smallest absolute Gasteiger partial charge is 0.342 e. The van der Waals surface area contributed by atoms with Crippen molar-refractivity contribution in [1.82, 2.24) is 0 Å². The van der Waals surface area contributed by atoms with Gasteiger partial charge in [0.05, 0.1) is 18.6 Å². The molecule has 0 fully saturated rings. The van der Waals surface area contributed by atoms with E-state index in [2.05, 4.69) is 0 Å². The van der Waals surface area contributed by atoms with Crippen LogP contribution in [0.2, 0.25) is 0 Å². The predicted molar refractivity (Wildman–Crippen MR) is 139 cm³/mol. The molecule has 0 saturated heterocycles. The fourth-order valence-electron chi connectivity index (χ4n) is 4.85. The Balaban J connectivity index is 1.76. The second-order valence-corrected chi connectivity index (χ2v) is 10.0. The molecule has 4 rings (SSSR count). The van der Waals surface area contributed by atoms with Crippen LogP contribution in [-0.4, -0.2) is 35.0 Å². The summed E-state index contributed by atoms with van der Waals surface area (Å²) in [5, 5.41) is 11.5. The number of phenolic OH excluding ortho intramolecular Hbond substituents is 1. The van der Waals surface area contributed by atoms with Crippen LogP contribution in [0.4, 0.5) is 0 Å². The van der Waals surface area contributed by atoms with E-state index in [4.69, 9.17) is 14.2 Å². The first-order valence-corrected chi connectivity index (χ1v) is 13.0. The minimum absolute atomic E-state index is 0.0252. The Hall–Kier alpha value is -3.61. The summed E-state index contributed by atoms with van der Waals surface area (Å²) in [6.45, 7) is 5.67. The maximum Gasteiger partial charge on any atom is 0.342 e. The third-order valence-electron chi connectivity index (χ3n) is 6.63. The van der Waals surface area contributed by atoms with Crippen molar-refractivity contribution >= 4 is 23.8 Å². The molecule has 0 amide bonds. The molecular weight excluding hydrogens is 472 g/mol. The Morgan fingerprint density at radius 3 is 2.51 bits per heavy atom. The number of rotatable bonds is 3. The van der Waals surface area contributed by atoms with E-state index in [9.17, 15) is 19.5 Å². The van der Waals surface area contributed by atoms with Crippen molar-refractivity contribution in [2.45, 2.75) is 83.8 Å². The molecule has 196 valence electrons. The molecule has 0 spiro atoms. The number of carbonyl (C=O) groups is 3. The van der Waals surface area contributed by atoms with Crippen LogP contribution in [0, 0.1) is 0 Å². The molecule has 2 atom stereocenters. The highest BCUT2D eigenvalue weighted by atomic mass is 16.5. The molecule has 0 aliphatic carbocycles. The number of phenols is 1. The van der Waals surface area contributed by atoms with Gasteiger partial charge in [-0.1, -0.05) is 24.3 Å². The Morgan fingerprint density at radius 1 is 1.05 bits per heavy atom. The predicted octanol–water partition coefficient (Wildman–Crippen LogP) is 6.10. The lowest BCUT2D eigenvalue weighted by atomic mass is 9.83. The summed E-state index contributed by atoms with van der Waals surface area (Å²) in [6.07, 6.45) is 6.71. The van der Waals surface area contributed by atoms with Crippen molar-refractivity contribution in [2.24, 2.45) is 0 Å². The van der Waals surface area contributed by atoms with E-state index in [-0.39, 0.29) is 35.4 Å². The average molecular weight is 507 g/mol. The lowest BCUT2D eigenvalue weighted by Gasteiger charge is -2.28. The first kappa shape index (κ1) is 26.5. The van der Waals surface area contributed by atoms with E-state index in [1.807, 2.05) is 44.2 Å². The SMILES string of the molecule is CC(C)Oc1ccc([C@H]2CC(=O)Oc3cc4c(c(O)c32)C(=O)O[C@@H](C)CCCC(=O)CCCC=C4)cc1. The highest BCUT2D eigenvalue weighted by Crippen LogP contribution is 2.47. The number of benzene rings is 2. The maximum absolute atomic E-state index is 13.3. The lowest BCUT2D eigenvalue weighted by Crippen LogP contribution is -2.23. The molecular formula is C30H34O7. The molecule has 0 radical (unpaired) electrons. The number of allylic oxidation sites excluding steroid dienone is 1. The van der Waals surface area contributed by atoms with E-state index in [0.29, 0.717) is 55.4 Å². The van der Waals surface area contributed by atoms with E-state index >= 15 is 0 Å². The normalized spacial score (nSPS) is 20.9. The largest absolute Gasteiger partial charge is 0.507 e. The number of ether oxygens (including phenoxy) is 3. The second-order valence-electron chi connectivity index (χ2n) is 10.0. The highest BCUT2D eigenvalue weighted by molar-refractivity contribution is 5.98. The number of Topliss-reactive ketones (excluding diaryl/α,β-unsaturated/α-hetero) is 1. The number of hydrogen-bond donors (Lipinski definition) is 1. The van der Waals surface area contributed by atoms with Crippen molar-refractivity contribution in [3.8, 4) is 17.2 Å². The molecule has 37 heavy (non-hydrogen) atoms. The van der Waals surface area contributed by atoms with Crippen LogP contribution >= 0.6 is 0 Å². The second kappa shape index (κ2) is 11.6. The minimum atomic E-state index is -0.646. The van der Waals surface area contributed by atoms with Crippen LogP contribution in [0.25, 0.3) is 6.08 Å². The van der Waals surface area contributed by atoms with Crippen LogP contribution in [0.5, 0.6) is 17.2 Å². The molecule has 0 bridgehead atoms. The van der Waals surface area contributed by atoms with E-state index in [1.165, 1.54) is 0 Å². The van der Waals surface area contributed by atoms with E-state index in [0.717, 1.165) is 5.56 Å². The molecule has 1 N–H and O–H groups in total. The Labute approximate surface area is 217 Å². The number of carbonyl (C=O) groups excluding carboxylic acids is 3. The van der Waals surface area contributed by atoms with Crippen LogP contribution in [0.3, 0.4) is 0 Å². The standard InChI is InChI=1S/C30H34O7/c1-18(2)35-23-14-12-20(13-15-23)24-17-26(32)37-25-16-21-9-5-4-6-10-22(31)11-7-8-19(3)36-30(34)27(21)29(33)28(24)25/h5,9,12-16,18-19,24,33H,4,6-8,10-11,17H2,1-3H3/t19-,24+/m0/s1. The van der Waals surface area contributed by atoms with Gasteiger partial charge < -0.3 is 19.3 Å². The van der Waals surface area contributed by atoms with Crippen LogP contribution < -0.4 is 9.47 Å². The first-order valence-electron chi connectivity index (χ1n) is 13.0. The summed E-state index contributed by atoms with van der Waals surface area (Å²) in [5.41, 5.74) is 1.65. The van der Waals surface area contributed by atoms with Crippen molar-refractivity contribution in [1.29, 1.82) is 0 Å². The van der Waals surface area contributed by atoms with Crippen LogP contribution in [0.1, 0.15) is 98.7 Å². The molecule has 2 aromatic carbocycles. The average Bonchev–Trinajstić information content (AvgIpc) is 2.82. The van der Waals surface area contributed by atoms with Gasteiger partial charge >= 0.3 is 11.9 Å². The van der Waals surface area contributed by atoms with Gasteiger partial charge in [0.25, 0.3) is 0 Å². The van der Waals surface area contributed by atoms with Gasteiger partial charge in [0, 0.05) is 24.3 Å². The summed E-state index contributed by atoms with van der Waals surface area (Å²) in [6, 6.07) is 8.99. The molecule has 2 aliphatic heterocycles. The van der Waals surface area contributed by atoms with Gasteiger partial charge in [-0.15, -0.1) is 0 Å². The van der Waals surface area contributed by atoms with Crippen molar-refractivity contribution in [2.75, 3.05) is 0 Å². The van der Waals surface area contributed by atoms with Gasteiger partial charge in [-0.2, -0.15) is 0 Å². The highest BCUT2D eigenvalue weighted by Gasteiger charge is 2.35. The number of hydrogen-bond acceptors (Lipinski definition) is 7. The molecule has 2 heterocycles. The summed E-state index contributed by atoms with van der Waals surface area (Å²) in [5.74, 6) is -0.666. The molecule has 7 nitrogen and oxygen atoms in total. The van der Waals surface area contributed by atoms with Gasteiger partial charge in [-0.25, -0.2) is 4.79 Å². The zero-order valence-corrected chi connectivity index (χ0v) is 21.6. The molecule has 2 aliphatic rings. The quantitative estimate of drug-likeness (QED) is 0.396. The zero-order chi connectivity index (χ0) is 26.5. The zero-order valence-electron chi connectivity index (χ0n) is 21.6. The third kappa shape index (κ3) is 6.40. The molecule has 0 unspecified atom stereocenters. The minimum Gasteiger partial charge on any atom is -0.507 e. The summed E-state index contributed by atoms with van der Waals surface area (Å²) < 4.78 is 16.9. The van der Waals surface area contributed by atoms with Gasteiger partial charge in [0.1, 0.15) is 28.6 Å². The summed E-state index contributed by atoms with van der Waals surface area (Å²) in [4.78, 5) is 37.9. The fourth-order valence-corrected chi connectivity index (χ4v) is 4.85. The number of ketones is 1. The van der Waals surface area contributed by atoms with Crippen LogP contribution in [-0.2, 0) is 14.3 Å². The number of cyclic esters (lactones) is 1. The van der Waals surface area contributed by atoms with Crippen LogP contribution in [0.15, 0.2) is 36.4 Å². The topological polar surface area (TPSA) is 99.1 Å². The molecule has 7 heteroatoms. The fraction of sp³-hybridized carbons (Fsp3) is 0.433. The number of aromatic hydroxyl groups is 1. The van der Waals surface area contributed by atoms with Crippen molar-refractivity contribution < 1.29 is 33.7 Å². The van der Waals surface area contributed by atoms with Gasteiger partial charge in [-0.05, 0) is 75.8 Å². The van der Waals surface area contributed by atoms with Crippen molar-refractivity contribution in [3.05, 3.63) is 58.7 Å². The van der Waals surface area contributed by atoms with Gasteiger partial charge in [0.2, 0.25) is 0 Å². The summed E-state index contributed by atoms with van der Waals surface area (Å²) >= 11 is 0. The third-order valence-corrected chi connectivity index (χ3v) is 6.63. The van der Waals surface area contributed by atoms with Gasteiger partial charge in [0.15, 0.2) is 0 Å². The molecule has 0 saturated carbocycles. The maximum atomic E-state index is 13.3. The number of fused-ring (bicyclic) bond motifs is 2. The van der Waals surface area contributed by atoms with Crippen molar-refractivity contribution in [3.63, 3.8) is 0 Å². The Kier molecular flexibility index (Phi) is 8.31. The molecule has 0 aromatic heterocycles. The lowest BCUT2D eigenvalue weighted by molar-refractivity contribution is -0.135. The Bertz CT molecular complexity index is 1190. The van der Waals surface area contributed by atoms with E-state index in [1.54, 1.807) is 19.1 Å². The molecule has 2 aromatic rings. The summed E-state index contributed by atoms with van der Waals surface area (Å²) in [7, 11) is 0. The Morgan fingerprint density at radius 2 is 1.78 bits per heavy atom.